The minimum atomic E-state index is 0.214. The number of hydrazine groups is 1. The molecule has 0 amide bonds. The fourth-order valence-corrected chi connectivity index (χ4v) is 1.12. The second kappa shape index (κ2) is 5.21. The van der Waals surface area contributed by atoms with Crippen molar-refractivity contribution in [2.45, 2.75) is 13.0 Å². The van der Waals surface area contributed by atoms with Crippen molar-refractivity contribution in [3.63, 3.8) is 0 Å². The average molecular weight is 212 g/mol. The molecular formula is C9H12N2S2. The van der Waals surface area contributed by atoms with E-state index >= 15 is 0 Å². The molecule has 1 unspecified atom stereocenters. The molecule has 0 fully saturated rings. The summed E-state index contributed by atoms with van der Waals surface area (Å²) in [7, 11) is 0. The van der Waals surface area contributed by atoms with Crippen molar-refractivity contribution >= 4 is 29.2 Å². The second-order valence-electron chi connectivity index (χ2n) is 2.71. The van der Waals surface area contributed by atoms with Crippen molar-refractivity contribution in [2.24, 2.45) is 0 Å². The molecular weight excluding hydrogens is 200 g/mol. The zero-order valence-corrected chi connectivity index (χ0v) is 9.03. The summed E-state index contributed by atoms with van der Waals surface area (Å²) in [6.45, 7) is 2.05. The fourth-order valence-electron chi connectivity index (χ4n) is 0.995. The Kier molecular flexibility index (Phi) is 4.21. The summed E-state index contributed by atoms with van der Waals surface area (Å²) >= 11 is 8.70. The van der Waals surface area contributed by atoms with Crippen LogP contribution in [0.25, 0.3) is 0 Å². The Morgan fingerprint density at radius 2 is 2.00 bits per heavy atom. The van der Waals surface area contributed by atoms with E-state index in [9.17, 15) is 0 Å². The van der Waals surface area contributed by atoms with Gasteiger partial charge in [0.25, 0.3) is 0 Å². The van der Waals surface area contributed by atoms with Crippen LogP contribution in [0.5, 0.6) is 0 Å². The van der Waals surface area contributed by atoms with E-state index in [1.54, 1.807) is 0 Å². The van der Waals surface area contributed by atoms with Crippen molar-refractivity contribution < 1.29 is 0 Å². The maximum atomic E-state index is 4.75. The first-order chi connectivity index (χ1) is 6.20. The molecule has 1 aromatic carbocycles. The van der Waals surface area contributed by atoms with Gasteiger partial charge in [0.1, 0.15) is 4.32 Å². The molecule has 0 aliphatic carbocycles. The lowest BCUT2D eigenvalue weighted by molar-refractivity contribution is 0.551. The van der Waals surface area contributed by atoms with Crippen molar-refractivity contribution in [3.05, 3.63) is 35.9 Å². The van der Waals surface area contributed by atoms with Gasteiger partial charge in [-0.15, -0.1) is 12.6 Å². The number of hydrogen-bond acceptors (Lipinski definition) is 2. The van der Waals surface area contributed by atoms with Crippen molar-refractivity contribution in [1.82, 2.24) is 10.9 Å². The third-order valence-electron chi connectivity index (χ3n) is 1.70. The molecule has 0 spiro atoms. The van der Waals surface area contributed by atoms with Gasteiger partial charge in [-0.1, -0.05) is 42.5 Å². The van der Waals surface area contributed by atoms with Gasteiger partial charge in [-0.2, -0.15) is 0 Å². The zero-order valence-electron chi connectivity index (χ0n) is 7.32. The first-order valence-corrected chi connectivity index (χ1v) is 4.85. The van der Waals surface area contributed by atoms with E-state index in [1.165, 1.54) is 5.56 Å². The highest BCUT2D eigenvalue weighted by atomic mass is 32.1. The Morgan fingerprint density at radius 1 is 1.38 bits per heavy atom. The van der Waals surface area contributed by atoms with Crippen LogP contribution in [0.15, 0.2) is 30.3 Å². The lowest BCUT2D eigenvalue weighted by Crippen LogP contribution is -2.35. The van der Waals surface area contributed by atoms with Crippen LogP contribution in [0.1, 0.15) is 18.5 Å². The van der Waals surface area contributed by atoms with Gasteiger partial charge >= 0.3 is 0 Å². The highest BCUT2D eigenvalue weighted by Crippen LogP contribution is 2.09. The maximum absolute atomic E-state index is 4.75. The average Bonchev–Trinajstić information content (AvgIpc) is 2.15. The van der Waals surface area contributed by atoms with Gasteiger partial charge in [-0.3, -0.25) is 0 Å². The molecule has 1 aromatic rings. The molecule has 2 nitrogen and oxygen atoms in total. The second-order valence-corrected chi connectivity index (χ2v) is 3.86. The largest absolute Gasteiger partial charge is 0.306 e. The Labute approximate surface area is 89.1 Å². The van der Waals surface area contributed by atoms with Crippen LogP contribution < -0.4 is 10.9 Å². The molecule has 1 atom stereocenters. The summed E-state index contributed by atoms with van der Waals surface area (Å²) in [6, 6.07) is 10.3. The van der Waals surface area contributed by atoms with Crippen molar-refractivity contribution in [1.29, 1.82) is 0 Å². The molecule has 0 aromatic heterocycles. The predicted octanol–water partition coefficient (Wildman–Crippen LogP) is 2.06. The van der Waals surface area contributed by atoms with E-state index in [-0.39, 0.29) is 6.04 Å². The molecule has 13 heavy (non-hydrogen) atoms. The lowest BCUT2D eigenvalue weighted by Gasteiger charge is -2.14. The molecule has 0 aliphatic heterocycles. The predicted molar refractivity (Wildman–Crippen MR) is 62.7 cm³/mol. The Hall–Kier alpha value is -0.580. The highest BCUT2D eigenvalue weighted by Gasteiger charge is 2.02. The topological polar surface area (TPSA) is 24.1 Å². The van der Waals surface area contributed by atoms with Gasteiger partial charge in [-0.05, 0) is 12.5 Å². The van der Waals surface area contributed by atoms with E-state index in [2.05, 4.69) is 35.6 Å². The van der Waals surface area contributed by atoms with E-state index < -0.39 is 0 Å². The molecule has 70 valence electrons. The summed E-state index contributed by atoms with van der Waals surface area (Å²) in [4.78, 5) is 0. The third kappa shape index (κ3) is 3.76. The molecule has 0 saturated heterocycles. The highest BCUT2D eigenvalue weighted by molar-refractivity contribution is 8.11. The van der Waals surface area contributed by atoms with Crippen LogP contribution in [0, 0.1) is 0 Å². The van der Waals surface area contributed by atoms with Crippen LogP contribution >= 0.6 is 24.8 Å². The van der Waals surface area contributed by atoms with Crippen LogP contribution in [0.4, 0.5) is 0 Å². The standard InChI is InChI=1S/C9H12N2S2/c1-7(10-11-9(12)13)8-5-3-2-4-6-8/h2-7,10H,1H3,(H2,11,12,13). The van der Waals surface area contributed by atoms with E-state index in [0.717, 1.165) is 0 Å². The number of benzene rings is 1. The Morgan fingerprint density at radius 3 is 2.54 bits per heavy atom. The Bertz CT molecular complexity index is 274. The quantitative estimate of drug-likeness (QED) is 0.406. The number of rotatable bonds is 3. The van der Waals surface area contributed by atoms with E-state index in [0.29, 0.717) is 4.32 Å². The van der Waals surface area contributed by atoms with E-state index in [4.69, 9.17) is 12.2 Å². The molecule has 0 radical (unpaired) electrons. The van der Waals surface area contributed by atoms with Gasteiger partial charge in [0.05, 0.1) is 0 Å². The lowest BCUT2D eigenvalue weighted by atomic mass is 10.1. The van der Waals surface area contributed by atoms with Crippen molar-refractivity contribution in [2.75, 3.05) is 0 Å². The summed E-state index contributed by atoms with van der Waals surface area (Å²) < 4.78 is 0.447. The molecule has 0 saturated carbocycles. The zero-order chi connectivity index (χ0) is 9.68. The van der Waals surface area contributed by atoms with Gasteiger partial charge in [0.2, 0.25) is 0 Å². The molecule has 4 heteroatoms. The van der Waals surface area contributed by atoms with Gasteiger partial charge in [0, 0.05) is 6.04 Å². The van der Waals surface area contributed by atoms with Gasteiger partial charge in [-0.25, -0.2) is 5.43 Å². The van der Waals surface area contributed by atoms with Crippen LogP contribution in [0.2, 0.25) is 0 Å². The van der Waals surface area contributed by atoms with Gasteiger partial charge < -0.3 is 5.43 Å². The fraction of sp³-hybridized carbons (Fsp3) is 0.222. The molecule has 2 N–H and O–H groups in total. The summed E-state index contributed by atoms with van der Waals surface area (Å²) in [5.41, 5.74) is 7.03. The minimum Gasteiger partial charge on any atom is -0.306 e. The van der Waals surface area contributed by atoms with Crippen LogP contribution in [0.3, 0.4) is 0 Å². The Balaban J connectivity index is 2.49. The summed E-state index contributed by atoms with van der Waals surface area (Å²) in [5, 5.41) is 0. The molecule has 0 heterocycles. The minimum absolute atomic E-state index is 0.214. The van der Waals surface area contributed by atoms with E-state index in [1.807, 2.05) is 25.1 Å². The smallest absolute Gasteiger partial charge is 0.144 e. The van der Waals surface area contributed by atoms with Crippen LogP contribution in [-0.4, -0.2) is 4.32 Å². The normalized spacial score (nSPS) is 12.2. The summed E-state index contributed by atoms with van der Waals surface area (Å²) in [5.74, 6) is 0. The number of nitrogens with one attached hydrogen (secondary N) is 2. The SMILES string of the molecule is CC(NNC(=S)S)c1ccccc1. The monoisotopic (exact) mass is 212 g/mol. The first kappa shape index (κ1) is 10.5. The van der Waals surface area contributed by atoms with Crippen molar-refractivity contribution in [3.8, 4) is 0 Å². The number of hydrogen-bond donors (Lipinski definition) is 3. The van der Waals surface area contributed by atoms with Crippen LogP contribution in [-0.2, 0) is 0 Å². The molecule has 1 rings (SSSR count). The third-order valence-corrected chi connectivity index (χ3v) is 1.91. The summed E-state index contributed by atoms with van der Waals surface area (Å²) in [6.07, 6.45) is 0. The first-order valence-electron chi connectivity index (χ1n) is 3.99. The van der Waals surface area contributed by atoms with Gasteiger partial charge in [0.15, 0.2) is 0 Å². The maximum Gasteiger partial charge on any atom is 0.144 e. The molecule has 0 aliphatic rings. The number of thiol groups is 1. The number of thiocarbonyl (C=S) groups is 1. The molecule has 0 bridgehead atoms.